The molecular formula is C17H23N3O. The molecule has 1 unspecified atom stereocenters. The number of aryl methyl sites for hydroxylation is 2. The fraction of sp³-hybridized carbons (Fsp3) is 0.412. The van der Waals surface area contributed by atoms with Crippen LogP contribution in [0.2, 0.25) is 0 Å². The van der Waals surface area contributed by atoms with E-state index in [1.807, 2.05) is 6.07 Å². The normalized spacial score (nSPS) is 12.2. The van der Waals surface area contributed by atoms with E-state index >= 15 is 0 Å². The van der Waals surface area contributed by atoms with Gasteiger partial charge in [0.25, 0.3) is 0 Å². The van der Waals surface area contributed by atoms with E-state index in [-0.39, 0.29) is 6.04 Å². The lowest BCUT2D eigenvalue weighted by molar-refractivity contribution is 0.395. The summed E-state index contributed by atoms with van der Waals surface area (Å²) in [5, 5.41) is 3.54. The van der Waals surface area contributed by atoms with E-state index in [4.69, 9.17) is 4.74 Å². The van der Waals surface area contributed by atoms with Gasteiger partial charge in [-0.3, -0.25) is 0 Å². The van der Waals surface area contributed by atoms with Crippen LogP contribution in [0.15, 0.2) is 30.6 Å². The fourth-order valence-corrected chi connectivity index (χ4v) is 2.57. The van der Waals surface area contributed by atoms with Gasteiger partial charge in [0.2, 0.25) is 5.88 Å². The Morgan fingerprint density at radius 3 is 2.43 bits per heavy atom. The largest absolute Gasteiger partial charge is 0.481 e. The van der Waals surface area contributed by atoms with Crippen LogP contribution in [-0.2, 0) is 6.42 Å². The number of hydrogen-bond donors (Lipinski definition) is 1. The number of benzene rings is 1. The van der Waals surface area contributed by atoms with E-state index < -0.39 is 0 Å². The van der Waals surface area contributed by atoms with E-state index in [1.54, 1.807) is 13.4 Å². The van der Waals surface area contributed by atoms with Crippen molar-refractivity contribution in [3.05, 3.63) is 53.0 Å². The lowest BCUT2D eigenvalue weighted by Crippen LogP contribution is -2.23. The molecular weight excluding hydrogens is 262 g/mol. The molecule has 112 valence electrons. The number of nitrogens with one attached hydrogen (secondary N) is 1. The standard InChI is InChI=1S/C17H23N3O/c1-5-18-16(14-7-12(2)6-13(3)8-14)9-15-10-17(21-4)20-11-19-15/h6-8,10-11,16,18H,5,9H2,1-4H3. The zero-order chi connectivity index (χ0) is 15.2. The molecule has 0 bridgehead atoms. The molecule has 0 saturated heterocycles. The molecule has 0 radical (unpaired) electrons. The average molecular weight is 285 g/mol. The van der Waals surface area contributed by atoms with Crippen LogP contribution in [0.4, 0.5) is 0 Å². The summed E-state index contributed by atoms with van der Waals surface area (Å²) in [4.78, 5) is 8.41. The van der Waals surface area contributed by atoms with Gasteiger partial charge in [-0.25, -0.2) is 9.97 Å². The fourth-order valence-electron chi connectivity index (χ4n) is 2.57. The minimum absolute atomic E-state index is 0.244. The molecule has 0 fully saturated rings. The van der Waals surface area contributed by atoms with E-state index in [0.29, 0.717) is 5.88 Å². The van der Waals surface area contributed by atoms with Crippen molar-refractivity contribution in [3.8, 4) is 5.88 Å². The highest BCUT2D eigenvalue weighted by Crippen LogP contribution is 2.21. The van der Waals surface area contributed by atoms with Crippen LogP contribution in [0.1, 0.15) is 35.3 Å². The van der Waals surface area contributed by atoms with Crippen molar-refractivity contribution < 1.29 is 4.74 Å². The first-order valence-electron chi connectivity index (χ1n) is 7.29. The molecule has 2 aromatic rings. The quantitative estimate of drug-likeness (QED) is 0.886. The third kappa shape index (κ3) is 4.26. The number of ether oxygens (including phenoxy) is 1. The van der Waals surface area contributed by atoms with Crippen LogP contribution >= 0.6 is 0 Å². The summed E-state index contributed by atoms with van der Waals surface area (Å²) >= 11 is 0. The zero-order valence-electron chi connectivity index (χ0n) is 13.2. The number of aromatic nitrogens is 2. The predicted molar refractivity (Wildman–Crippen MR) is 84.6 cm³/mol. The molecule has 1 N–H and O–H groups in total. The third-order valence-corrected chi connectivity index (χ3v) is 3.42. The number of likely N-dealkylation sites (N-methyl/N-ethyl adjacent to an activating group) is 1. The maximum absolute atomic E-state index is 5.17. The highest BCUT2D eigenvalue weighted by Gasteiger charge is 2.13. The van der Waals surface area contributed by atoms with Crippen LogP contribution in [0.25, 0.3) is 0 Å². The van der Waals surface area contributed by atoms with Crippen molar-refractivity contribution in [3.63, 3.8) is 0 Å². The Morgan fingerprint density at radius 2 is 1.81 bits per heavy atom. The van der Waals surface area contributed by atoms with Crippen molar-refractivity contribution in [2.75, 3.05) is 13.7 Å². The predicted octanol–water partition coefficient (Wildman–Crippen LogP) is 3.00. The second-order valence-corrected chi connectivity index (χ2v) is 5.29. The molecule has 21 heavy (non-hydrogen) atoms. The summed E-state index contributed by atoms with van der Waals surface area (Å²) in [6.07, 6.45) is 2.37. The molecule has 0 aliphatic rings. The summed E-state index contributed by atoms with van der Waals surface area (Å²) in [5.74, 6) is 0.607. The Morgan fingerprint density at radius 1 is 1.10 bits per heavy atom. The molecule has 0 aliphatic heterocycles. The maximum atomic E-state index is 5.17. The molecule has 4 heteroatoms. The van der Waals surface area contributed by atoms with Crippen molar-refractivity contribution in [1.82, 2.24) is 15.3 Å². The molecule has 0 amide bonds. The van der Waals surface area contributed by atoms with Crippen LogP contribution in [0.3, 0.4) is 0 Å². The lowest BCUT2D eigenvalue weighted by Gasteiger charge is -2.19. The van der Waals surface area contributed by atoms with Crippen molar-refractivity contribution in [1.29, 1.82) is 0 Å². The molecule has 0 spiro atoms. The summed E-state index contributed by atoms with van der Waals surface area (Å²) in [6, 6.07) is 8.80. The first-order chi connectivity index (χ1) is 10.1. The smallest absolute Gasteiger partial charge is 0.216 e. The Hall–Kier alpha value is -1.94. The highest BCUT2D eigenvalue weighted by molar-refractivity contribution is 5.31. The van der Waals surface area contributed by atoms with E-state index in [0.717, 1.165) is 18.7 Å². The number of methoxy groups -OCH3 is 1. The van der Waals surface area contributed by atoms with Crippen LogP contribution in [0, 0.1) is 13.8 Å². The Bertz CT molecular complexity index is 578. The lowest BCUT2D eigenvalue weighted by atomic mass is 9.98. The zero-order valence-corrected chi connectivity index (χ0v) is 13.2. The number of hydrogen-bond acceptors (Lipinski definition) is 4. The Balaban J connectivity index is 2.25. The monoisotopic (exact) mass is 285 g/mol. The van der Waals surface area contributed by atoms with Gasteiger partial charge in [-0.15, -0.1) is 0 Å². The molecule has 0 aliphatic carbocycles. The third-order valence-electron chi connectivity index (χ3n) is 3.42. The second-order valence-electron chi connectivity index (χ2n) is 5.29. The SMILES string of the molecule is CCNC(Cc1cc(OC)ncn1)c1cc(C)cc(C)c1. The van der Waals surface area contributed by atoms with Crippen molar-refractivity contribution >= 4 is 0 Å². The summed E-state index contributed by atoms with van der Waals surface area (Å²) in [5.41, 5.74) is 4.85. The van der Waals surface area contributed by atoms with Crippen molar-refractivity contribution in [2.24, 2.45) is 0 Å². The van der Waals surface area contributed by atoms with Gasteiger partial charge in [-0.2, -0.15) is 0 Å². The second kappa shape index (κ2) is 7.18. The maximum Gasteiger partial charge on any atom is 0.216 e. The summed E-state index contributed by atoms with van der Waals surface area (Å²) in [7, 11) is 1.62. The molecule has 0 saturated carbocycles. The molecule has 1 aromatic carbocycles. The van der Waals surface area contributed by atoms with E-state index in [2.05, 4.69) is 54.3 Å². The highest BCUT2D eigenvalue weighted by atomic mass is 16.5. The van der Waals surface area contributed by atoms with E-state index in [9.17, 15) is 0 Å². The van der Waals surface area contributed by atoms with Gasteiger partial charge in [0.05, 0.1) is 7.11 Å². The molecule has 2 rings (SSSR count). The van der Waals surface area contributed by atoms with E-state index in [1.165, 1.54) is 16.7 Å². The molecule has 1 heterocycles. The number of rotatable bonds is 6. The number of nitrogens with zero attached hydrogens (tertiary/aromatic N) is 2. The molecule has 1 atom stereocenters. The van der Waals surface area contributed by atoms with Crippen LogP contribution in [-0.4, -0.2) is 23.6 Å². The van der Waals surface area contributed by atoms with Gasteiger partial charge in [0.15, 0.2) is 0 Å². The van der Waals surface area contributed by atoms with Crippen LogP contribution in [0.5, 0.6) is 5.88 Å². The molecule has 4 nitrogen and oxygen atoms in total. The first kappa shape index (κ1) is 15.4. The van der Waals surface area contributed by atoms with Gasteiger partial charge in [-0.05, 0) is 26.0 Å². The summed E-state index contributed by atoms with van der Waals surface area (Å²) in [6.45, 7) is 7.30. The van der Waals surface area contributed by atoms with Crippen LogP contribution < -0.4 is 10.1 Å². The summed E-state index contributed by atoms with van der Waals surface area (Å²) < 4.78 is 5.17. The minimum atomic E-state index is 0.244. The van der Waals surface area contributed by atoms with Gasteiger partial charge < -0.3 is 10.1 Å². The topological polar surface area (TPSA) is 47.0 Å². The van der Waals surface area contributed by atoms with Gasteiger partial charge >= 0.3 is 0 Å². The molecule has 1 aromatic heterocycles. The first-order valence-corrected chi connectivity index (χ1v) is 7.29. The minimum Gasteiger partial charge on any atom is -0.481 e. The van der Waals surface area contributed by atoms with Gasteiger partial charge in [0.1, 0.15) is 6.33 Å². The van der Waals surface area contributed by atoms with Crippen molar-refractivity contribution in [2.45, 2.75) is 33.2 Å². The van der Waals surface area contributed by atoms with Gasteiger partial charge in [0, 0.05) is 24.2 Å². The van der Waals surface area contributed by atoms with Gasteiger partial charge in [-0.1, -0.05) is 36.2 Å². The average Bonchev–Trinajstić information content (AvgIpc) is 2.46. The Labute approximate surface area is 126 Å². The Kier molecular flexibility index (Phi) is 5.28.